The Morgan fingerprint density at radius 2 is 2.00 bits per heavy atom. The van der Waals surface area contributed by atoms with Gasteiger partial charge in [0, 0.05) is 41.7 Å². The largest absolute Gasteiger partial charge is 0.350 e. The van der Waals surface area contributed by atoms with Gasteiger partial charge in [0.1, 0.15) is 24.6 Å². The van der Waals surface area contributed by atoms with Gasteiger partial charge in [0.2, 0.25) is 11.8 Å². The number of hydrogen-bond acceptors (Lipinski definition) is 3. The highest BCUT2D eigenvalue weighted by molar-refractivity contribution is 6.30. The number of amides is 2. The molecule has 6 nitrogen and oxygen atoms in total. The lowest BCUT2D eigenvalue weighted by molar-refractivity contribution is -0.139. The maximum atomic E-state index is 14.4. The summed E-state index contributed by atoms with van der Waals surface area (Å²) < 4.78 is 30.5. The maximum Gasteiger partial charge on any atom is 0.243 e. The molecular weight excluding hydrogens is 462 g/mol. The molecule has 0 saturated carbocycles. The summed E-state index contributed by atoms with van der Waals surface area (Å²) in [5, 5.41) is 7.07. The third-order valence-electron chi connectivity index (χ3n) is 6.69. The standard InChI is InChI=1S/C25H25ClF2N4O2/c26-19-6-3-4-15(24(19)28)11-30-25(34)21-10-16(27)13-32(21)23(33)14-31-20-7-2-1-5-17(20)18-8-9-29-12-22(18)31/h1-7,16,21,29H,8-14H2,(H,30,34)/t16-,21+/m1/s1. The van der Waals surface area contributed by atoms with Crippen molar-refractivity contribution < 1.29 is 18.4 Å². The fourth-order valence-corrected chi connectivity index (χ4v) is 5.22. The second kappa shape index (κ2) is 9.35. The number of aromatic nitrogens is 1. The number of para-hydroxylation sites is 1. The third-order valence-corrected chi connectivity index (χ3v) is 6.98. The molecule has 1 saturated heterocycles. The number of fused-ring (bicyclic) bond motifs is 3. The van der Waals surface area contributed by atoms with Crippen molar-refractivity contribution in [3.63, 3.8) is 0 Å². The van der Waals surface area contributed by atoms with Crippen LogP contribution in [0.15, 0.2) is 42.5 Å². The average Bonchev–Trinajstić information content (AvgIpc) is 3.39. The monoisotopic (exact) mass is 486 g/mol. The number of benzene rings is 2. The first-order valence-electron chi connectivity index (χ1n) is 11.4. The number of halogens is 3. The lowest BCUT2D eigenvalue weighted by Gasteiger charge is -2.25. The third kappa shape index (κ3) is 4.16. The lowest BCUT2D eigenvalue weighted by Crippen LogP contribution is -2.47. The van der Waals surface area contributed by atoms with Gasteiger partial charge in [0.25, 0.3) is 0 Å². The van der Waals surface area contributed by atoms with E-state index in [1.54, 1.807) is 6.07 Å². The Balaban J connectivity index is 1.34. The zero-order valence-electron chi connectivity index (χ0n) is 18.5. The Kier molecular flexibility index (Phi) is 6.27. The van der Waals surface area contributed by atoms with Crippen LogP contribution in [-0.2, 0) is 35.6 Å². The van der Waals surface area contributed by atoms with E-state index in [1.165, 1.54) is 22.6 Å². The van der Waals surface area contributed by atoms with Crippen molar-refractivity contribution in [2.45, 2.75) is 44.7 Å². The van der Waals surface area contributed by atoms with Crippen molar-refractivity contribution in [1.29, 1.82) is 0 Å². The van der Waals surface area contributed by atoms with Gasteiger partial charge in [-0.05, 0) is 30.7 Å². The predicted molar refractivity (Wildman–Crippen MR) is 126 cm³/mol. The second-order valence-electron chi connectivity index (χ2n) is 8.78. The molecule has 34 heavy (non-hydrogen) atoms. The SMILES string of the molecule is O=C(NCc1cccc(Cl)c1F)[C@@H]1C[C@@H](F)CN1C(=O)Cn1c2c(c3ccccc31)CCNC2. The van der Waals surface area contributed by atoms with Gasteiger partial charge in [0.15, 0.2) is 0 Å². The van der Waals surface area contributed by atoms with Crippen molar-refractivity contribution in [3.8, 4) is 0 Å². The first-order valence-corrected chi connectivity index (χ1v) is 11.8. The molecule has 0 unspecified atom stereocenters. The average molecular weight is 487 g/mol. The molecule has 3 heterocycles. The Morgan fingerprint density at radius 3 is 2.85 bits per heavy atom. The molecule has 2 aliphatic heterocycles. The van der Waals surface area contributed by atoms with E-state index in [4.69, 9.17) is 11.6 Å². The smallest absolute Gasteiger partial charge is 0.243 e. The number of carbonyl (C=O) groups is 2. The van der Waals surface area contributed by atoms with Gasteiger partial charge in [-0.25, -0.2) is 8.78 Å². The fourth-order valence-electron chi connectivity index (χ4n) is 5.03. The number of carbonyl (C=O) groups excluding carboxylic acids is 2. The number of nitrogens with zero attached hydrogens (tertiary/aromatic N) is 2. The predicted octanol–water partition coefficient (Wildman–Crippen LogP) is 3.33. The summed E-state index contributed by atoms with van der Waals surface area (Å²) in [5.74, 6) is -1.43. The topological polar surface area (TPSA) is 66.4 Å². The van der Waals surface area contributed by atoms with Crippen LogP contribution >= 0.6 is 11.6 Å². The number of hydrogen-bond donors (Lipinski definition) is 2. The molecule has 5 rings (SSSR count). The van der Waals surface area contributed by atoms with Gasteiger partial charge in [-0.15, -0.1) is 0 Å². The minimum atomic E-state index is -1.29. The molecule has 0 spiro atoms. The van der Waals surface area contributed by atoms with Crippen LogP contribution in [0.1, 0.15) is 23.2 Å². The van der Waals surface area contributed by atoms with Gasteiger partial charge in [-0.3, -0.25) is 9.59 Å². The second-order valence-corrected chi connectivity index (χ2v) is 9.19. The molecule has 178 valence electrons. The number of alkyl halides is 1. The molecule has 9 heteroatoms. The molecule has 3 aromatic rings. The van der Waals surface area contributed by atoms with Crippen molar-refractivity contribution in [3.05, 3.63) is 70.1 Å². The first-order chi connectivity index (χ1) is 16.4. The molecule has 1 aromatic heterocycles. The fraction of sp³-hybridized carbons (Fsp3) is 0.360. The Hall–Kier alpha value is -2.97. The molecule has 1 fully saturated rings. The summed E-state index contributed by atoms with van der Waals surface area (Å²) in [7, 11) is 0. The van der Waals surface area contributed by atoms with E-state index >= 15 is 0 Å². The summed E-state index contributed by atoms with van der Waals surface area (Å²) in [6.45, 7) is 1.32. The molecule has 0 aliphatic carbocycles. The first kappa shape index (κ1) is 22.8. The lowest BCUT2D eigenvalue weighted by atomic mass is 10.1. The van der Waals surface area contributed by atoms with Gasteiger partial charge < -0.3 is 20.1 Å². The summed E-state index contributed by atoms with van der Waals surface area (Å²) in [4.78, 5) is 27.5. The maximum absolute atomic E-state index is 14.4. The summed E-state index contributed by atoms with van der Waals surface area (Å²) >= 11 is 5.80. The molecule has 2 atom stereocenters. The van der Waals surface area contributed by atoms with Crippen LogP contribution in [0.4, 0.5) is 8.78 Å². The van der Waals surface area contributed by atoms with Gasteiger partial charge >= 0.3 is 0 Å². The molecular formula is C25H25ClF2N4O2. The zero-order valence-corrected chi connectivity index (χ0v) is 19.2. The molecule has 2 amide bonds. The van der Waals surface area contributed by atoms with Crippen molar-refractivity contribution in [1.82, 2.24) is 20.1 Å². The van der Waals surface area contributed by atoms with Crippen molar-refractivity contribution in [2.24, 2.45) is 0 Å². The highest BCUT2D eigenvalue weighted by Gasteiger charge is 2.40. The minimum Gasteiger partial charge on any atom is -0.350 e. The van der Waals surface area contributed by atoms with E-state index in [1.807, 2.05) is 22.8 Å². The Bertz CT molecular complexity index is 1260. The van der Waals surface area contributed by atoms with Crippen LogP contribution in [0.5, 0.6) is 0 Å². The molecule has 2 aliphatic rings. The van der Waals surface area contributed by atoms with Gasteiger partial charge in [0.05, 0.1) is 11.6 Å². The summed E-state index contributed by atoms with van der Waals surface area (Å²) in [6.07, 6.45) is -0.500. The van der Waals surface area contributed by atoms with Crippen molar-refractivity contribution in [2.75, 3.05) is 13.1 Å². The molecule has 0 radical (unpaired) electrons. The van der Waals surface area contributed by atoms with E-state index in [0.717, 1.165) is 29.6 Å². The molecule has 0 bridgehead atoms. The normalized spacial score (nSPS) is 19.9. The van der Waals surface area contributed by atoms with Crippen LogP contribution in [0, 0.1) is 5.82 Å². The molecule has 2 N–H and O–H groups in total. The van der Waals surface area contributed by atoms with Crippen LogP contribution in [-0.4, -0.2) is 46.6 Å². The zero-order chi connectivity index (χ0) is 23.8. The number of nitrogens with one attached hydrogen (secondary N) is 2. The van der Waals surface area contributed by atoms with Crippen molar-refractivity contribution >= 4 is 34.3 Å². The van der Waals surface area contributed by atoms with E-state index in [9.17, 15) is 18.4 Å². The summed E-state index contributed by atoms with van der Waals surface area (Å²) in [5.41, 5.74) is 3.46. The number of likely N-dealkylation sites (tertiary alicyclic amines) is 1. The summed E-state index contributed by atoms with van der Waals surface area (Å²) in [6, 6.07) is 11.5. The molecule has 2 aromatic carbocycles. The quantitative estimate of drug-likeness (QED) is 0.581. The Morgan fingerprint density at radius 1 is 1.18 bits per heavy atom. The van der Waals surface area contributed by atoms with Crippen LogP contribution in [0.3, 0.4) is 0 Å². The van der Waals surface area contributed by atoms with Gasteiger partial charge in [-0.2, -0.15) is 0 Å². The van der Waals surface area contributed by atoms with Crippen LogP contribution < -0.4 is 10.6 Å². The van der Waals surface area contributed by atoms with E-state index < -0.39 is 23.9 Å². The number of rotatable bonds is 5. The Labute approximate surface area is 200 Å². The highest BCUT2D eigenvalue weighted by Crippen LogP contribution is 2.29. The highest BCUT2D eigenvalue weighted by atomic mass is 35.5. The van der Waals surface area contributed by atoms with Gasteiger partial charge in [-0.1, -0.05) is 41.9 Å². The van der Waals surface area contributed by atoms with E-state index in [0.29, 0.717) is 6.54 Å². The van der Waals surface area contributed by atoms with Crippen LogP contribution in [0.2, 0.25) is 5.02 Å². The van der Waals surface area contributed by atoms with E-state index in [-0.39, 0.29) is 42.5 Å². The van der Waals surface area contributed by atoms with Crippen LogP contribution in [0.25, 0.3) is 10.9 Å². The minimum absolute atomic E-state index is 0.0248. The van der Waals surface area contributed by atoms with E-state index in [2.05, 4.69) is 16.7 Å².